The van der Waals surface area contributed by atoms with Crippen molar-refractivity contribution in [2.24, 2.45) is 0 Å². The molecule has 25 heavy (non-hydrogen) atoms. The zero-order valence-corrected chi connectivity index (χ0v) is 15.8. The van der Waals surface area contributed by atoms with Gasteiger partial charge in [-0.3, -0.25) is 4.79 Å². The normalized spacial score (nSPS) is 10.6. The third-order valence-corrected chi connectivity index (χ3v) is 4.60. The Labute approximate surface area is 157 Å². The lowest BCUT2D eigenvalue weighted by Gasteiger charge is -2.10. The van der Waals surface area contributed by atoms with E-state index in [-0.39, 0.29) is 12.5 Å². The maximum Gasteiger partial charge on any atom is 0.262 e. The van der Waals surface area contributed by atoms with E-state index in [0.717, 1.165) is 9.17 Å². The number of nitrogen functional groups attached to an aromatic ring is 1. The molecule has 8 heteroatoms. The maximum absolute atomic E-state index is 12.1. The number of anilines is 2. The van der Waals surface area contributed by atoms with Gasteiger partial charge in [-0.1, -0.05) is 27.3 Å². The predicted octanol–water partition coefficient (Wildman–Crippen LogP) is 4.06. The molecule has 0 unspecified atom stereocenters. The van der Waals surface area contributed by atoms with Gasteiger partial charge in [-0.25, -0.2) is 4.98 Å². The highest BCUT2D eigenvalue weighted by Gasteiger charge is 2.12. The molecule has 1 aromatic heterocycles. The molecule has 0 fully saturated rings. The molecule has 0 aliphatic carbocycles. The average molecular weight is 422 g/mol. The quantitative estimate of drug-likeness (QED) is 0.626. The van der Waals surface area contributed by atoms with Gasteiger partial charge < -0.3 is 20.5 Å². The summed E-state index contributed by atoms with van der Waals surface area (Å²) in [6.45, 7) is 2.30. The maximum atomic E-state index is 12.1. The molecule has 3 N–H and O–H groups in total. The molecule has 130 valence electrons. The number of nitrogens with two attached hydrogens (primary N) is 1. The molecular formula is C17H16BrN3O3S. The van der Waals surface area contributed by atoms with Crippen LogP contribution in [0, 0.1) is 0 Å². The molecule has 3 rings (SSSR count). The van der Waals surface area contributed by atoms with Crippen LogP contribution < -0.4 is 20.5 Å². The van der Waals surface area contributed by atoms with Crippen molar-refractivity contribution >= 4 is 54.2 Å². The number of hydrogen-bond acceptors (Lipinski definition) is 6. The van der Waals surface area contributed by atoms with Gasteiger partial charge in [0.25, 0.3) is 5.91 Å². The SMILES string of the molecule is CCOc1cc(NC(=O)COc2ccc(Br)cc2)cc2sc(N)nc12. The molecule has 0 spiro atoms. The van der Waals surface area contributed by atoms with Crippen LogP contribution in [0.2, 0.25) is 0 Å². The number of benzene rings is 2. The average Bonchev–Trinajstić information content (AvgIpc) is 2.95. The highest BCUT2D eigenvalue weighted by molar-refractivity contribution is 9.10. The van der Waals surface area contributed by atoms with Gasteiger partial charge in [0.05, 0.1) is 11.3 Å². The molecule has 3 aromatic rings. The van der Waals surface area contributed by atoms with Crippen LogP contribution in [0.5, 0.6) is 11.5 Å². The van der Waals surface area contributed by atoms with Crippen molar-refractivity contribution in [1.82, 2.24) is 4.98 Å². The number of fused-ring (bicyclic) bond motifs is 1. The van der Waals surface area contributed by atoms with E-state index >= 15 is 0 Å². The van der Waals surface area contributed by atoms with Crippen LogP contribution >= 0.6 is 27.3 Å². The molecule has 0 aliphatic rings. The number of ether oxygens (including phenoxy) is 2. The Morgan fingerprint density at radius 1 is 1.28 bits per heavy atom. The number of halogens is 1. The molecule has 6 nitrogen and oxygen atoms in total. The fourth-order valence-corrected chi connectivity index (χ4v) is 3.29. The van der Waals surface area contributed by atoms with Crippen molar-refractivity contribution in [2.75, 3.05) is 24.3 Å². The van der Waals surface area contributed by atoms with E-state index in [0.29, 0.717) is 34.4 Å². The minimum absolute atomic E-state index is 0.0888. The smallest absolute Gasteiger partial charge is 0.262 e. The second-order valence-corrected chi connectivity index (χ2v) is 7.07. The lowest BCUT2D eigenvalue weighted by Crippen LogP contribution is -2.20. The molecular weight excluding hydrogens is 406 g/mol. The first-order chi connectivity index (χ1) is 12.0. The second-order valence-electron chi connectivity index (χ2n) is 5.10. The van der Waals surface area contributed by atoms with Crippen molar-refractivity contribution in [3.63, 3.8) is 0 Å². The number of rotatable bonds is 6. The number of thiazole rings is 1. The standard InChI is InChI=1S/C17H16BrN3O3S/c1-2-23-13-7-11(8-14-16(13)21-17(19)25-14)20-15(22)9-24-12-5-3-10(18)4-6-12/h3-8H,2,9H2,1H3,(H2,19,21)(H,20,22). The van der Waals surface area contributed by atoms with Crippen molar-refractivity contribution in [1.29, 1.82) is 0 Å². The summed E-state index contributed by atoms with van der Waals surface area (Å²) >= 11 is 4.70. The van der Waals surface area contributed by atoms with E-state index in [1.165, 1.54) is 11.3 Å². The summed E-state index contributed by atoms with van der Waals surface area (Å²) in [4.78, 5) is 16.4. The molecule has 0 saturated carbocycles. The monoisotopic (exact) mass is 421 g/mol. The summed E-state index contributed by atoms with van der Waals surface area (Å²) in [5, 5.41) is 3.27. The zero-order chi connectivity index (χ0) is 17.8. The summed E-state index contributed by atoms with van der Waals surface area (Å²) < 4.78 is 12.9. The van der Waals surface area contributed by atoms with Crippen LogP contribution in [0.4, 0.5) is 10.8 Å². The lowest BCUT2D eigenvalue weighted by atomic mass is 10.2. The highest BCUT2D eigenvalue weighted by atomic mass is 79.9. The Morgan fingerprint density at radius 2 is 2.04 bits per heavy atom. The van der Waals surface area contributed by atoms with Crippen LogP contribution in [-0.2, 0) is 4.79 Å². The van der Waals surface area contributed by atoms with Gasteiger partial charge in [0.15, 0.2) is 11.7 Å². The summed E-state index contributed by atoms with van der Waals surface area (Å²) in [5.74, 6) is 0.957. The highest BCUT2D eigenvalue weighted by Crippen LogP contribution is 2.34. The summed E-state index contributed by atoms with van der Waals surface area (Å²) in [5.41, 5.74) is 7.09. The molecule has 2 aromatic carbocycles. The number of nitrogens with one attached hydrogen (secondary N) is 1. The molecule has 0 bridgehead atoms. The minimum Gasteiger partial charge on any atom is -0.491 e. The third kappa shape index (κ3) is 4.40. The van der Waals surface area contributed by atoms with Crippen molar-refractivity contribution < 1.29 is 14.3 Å². The summed E-state index contributed by atoms with van der Waals surface area (Å²) in [7, 11) is 0. The van der Waals surface area contributed by atoms with Crippen LogP contribution in [-0.4, -0.2) is 24.1 Å². The van der Waals surface area contributed by atoms with Crippen molar-refractivity contribution in [3.05, 3.63) is 40.9 Å². The molecule has 0 radical (unpaired) electrons. The van der Waals surface area contributed by atoms with Crippen LogP contribution in [0.15, 0.2) is 40.9 Å². The van der Waals surface area contributed by atoms with Gasteiger partial charge >= 0.3 is 0 Å². The first-order valence-corrected chi connectivity index (χ1v) is 9.17. The Balaban J connectivity index is 1.70. The fourth-order valence-electron chi connectivity index (χ4n) is 2.23. The minimum atomic E-state index is -0.262. The fraction of sp³-hybridized carbons (Fsp3) is 0.176. The number of nitrogens with zero attached hydrogens (tertiary/aromatic N) is 1. The Hall–Kier alpha value is -2.32. The largest absolute Gasteiger partial charge is 0.491 e. The molecule has 0 saturated heterocycles. The zero-order valence-electron chi connectivity index (χ0n) is 13.4. The lowest BCUT2D eigenvalue weighted by molar-refractivity contribution is -0.118. The molecule has 1 amide bonds. The summed E-state index contributed by atoms with van der Waals surface area (Å²) in [6.07, 6.45) is 0. The van der Waals surface area contributed by atoms with Crippen molar-refractivity contribution in [3.8, 4) is 11.5 Å². The Kier molecular flexibility index (Phi) is 5.40. The van der Waals surface area contributed by atoms with Gasteiger partial charge in [0, 0.05) is 16.2 Å². The Morgan fingerprint density at radius 3 is 2.76 bits per heavy atom. The topological polar surface area (TPSA) is 86.5 Å². The van der Waals surface area contributed by atoms with E-state index in [4.69, 9.17) is 15.2 Å². The number of hydrogen-bond donors (Lipinski definition) is 2. The van der Waals surface area contributed by atoms with E-state index in [2.05, 4.69) is 26.2 Å². The molecule has 1 heterocycles. The molecule has 0 aliphatic heterocycles. The third-order valence-electron chi connectivity index (χ3n) is 3.24. The van der Waals surface area contributed by atoms with Crippen molar-refractivity contribution in [2.45, 2.75) is 6.92 Å². The molecule has 0 atom stereocenters. The number of amides is 1. The van der Waals surface area contributed by atoms with E-state index in [1.807, 2.05) is 25.1 Å². The van der Waals surface area contributed by atoms with E-state index in [9.17, 15) is 4.79 Å². The first kappa shape index (κ1) is 17.5. The summed E-state index contributed by atoms with van der Waals surface area (Å²) in [6, 6.07) is 10.8. The van der Waals surface area contributed by atoms with Gasteiger partial charge in [-0.15, -0.1) is 0 Å². The predicted molar refractivity (Wildman–Crippen MR) is 103 cm³/mol. The van der Waals surface area contributed by atoms with E-state index in [1.54, 1.807) is 18.2 Å². The van der Waals surface area contributed by atoms with Crippen LogP contribution in [0.3, 0.4) is 0 Å². The van der Waals surface area contributed by atoms with E-state index < -0.39 is 0 Å². The number of carbonyl (C=O) groups excluding carboxylic acids is 1. The second kappa shape index (κ2) is 7.71. The number of carbonyl (C=O) groups is 1. The van der Waals surface area contributed by atoms with Gasteiger partial charge in [0.2, 0.25) is 0 Å². The Bertz CT molecular complexity index is 896. The van der Waals surface area contributed by atoms with Crippen LogP contribution in [0.25, 0.3) is 10.2 Å². The number of aromatic nitrogens is 1. The van der Waals surface area contributed by atoms with Gasteiger partial charge in [-0.05, 0) is 37.3 Å². The van der Waals surface area contributed by atoms with Gasteiger partial charge in [-0.2, -0.15) is 0 Å². The van der Waals surface area contributed by atoms with Gasteiger partial charge in [0.1, 0.15) is 17.0 Å². The van der Waals surface area contributed by atoms with Crippen LogP contribution in [0.1, 0.15) is 6.92 Å². The first-order valence-electron chi connectivity index (χ1n) is 7.56.